The molecule has 0 bridgehead atoms. The fraction of sp³-hybridized carbons (Fsp3) is 0.895. The molecule has 21 heavy (non-hydrogen) atoms. The van der Waals surface area contributed by atoms with Gasteiger partial charge in [-0.1, -0.05) is 103 Å². The molecule has 2 nitrogen and oxygen atoms in total. The number of aliphatic imine (C=N–C) groups is 1. The number of isocyanates is 1. The van der Waals surface area contributed by atoms with E-state index in [-0.39, 0.29) is 0 Å². The fourth-order valence-electron chi connectivity index (χ4n) is 2.71. The Morgan fingerprint density at radius 1 is 0.667 bits per heavy atom. The van der Waals surface area contributed by atoms with Crippen LogP contribution in [0.15, 0.2) is 4.99 Å². The molecule has 0 aliphatic carbocycles. The Kier molecular flexibility index (Phi) is 18.8. The van der Waals surface area contributed by atoms with Gasteiger partial charge in [0.2, 0.25) is 6.08 Å². The van der Waals surface area contributed by atoms with Gasteiger partial charge in [0, 0.05) is 0 Å². The summed E-state index contributed by atoms with van der Waals surface area (Å²) in [4.78, 5) is 13.3. The maximum atomic E-state index is 9.84. The standard InChI is InChI=1S/C19H36NO/c1-2-3-4-5-6-7-8-9-10-11-12-13-14-15-16-17-18-20-19-21/h18H,2-17H2,1H3. The van der Waals surface area contributed by atoms with Crippen LogP contribution in [0.25, 0.3) is 0 Å². The van der Waals surface area contributed by atoms with Gasteiger partial charge in [0.25, 0.3) is 0 Å². The molecular formula is C19H36NO. The second kappa shape index (κ2) is 19.4. The van der Waals surface area contributed by atoms with Crippen molar-refractivity contribution in [1.29, 1.82) is 0 Å². The van der Waals surface area contributed by atoms with Gasteiger partial charge in [-0.2, -0.15) is 0 Å². The van der Waals surface area contributed by atoms with Crippen molar-refractivity contribution in [3.05, 3.63) is 6.54 Å². The van der Waals surface area contributed by atoms with E-state index in [1.807, 2.05) is 0 Å². The van der Waals surface area contributed by atoms with Crippen LogP contribution in [0.4, 0.5) is 0 Å². The summed E-state index contributed by atoms with van der Waals surface area (Å²) in [6.45, 7) is 3.95. The predicted molar refractivity (Wildman–Crippen MR) is 92.0 cm³/mol. The van der Waals surface area contributed by atoms with Crippen molar-refractivity contribution < 1.29 is 4.79 Å². The summed E-state index contributed by atoms with van der Waals surface area (Å²) in [5.74, 6) is 0. The van der Waals surface area contributed by atoms with Crippen molar-refractivity contribution in [2.24, 2.45) is 4.99 Å². The average Bonchev–Trinajstić information content (AvgIpc) is 2.50. The van der Waals surface area contributed by atoms with Crippen LogP contribution in [-0.4, -0.2) is 6.08 Å². The molecule has 0 aliphatic heterocycles. The molecule has 0 saturated carbocycles. The Morgan fingerprint density at radius 2 is 1.05 bits per heavy atom. The Morgan fingerprint density at radius 3 is 1.43 bits per heavy atom. The highest BCUT2D eigenvalue weighted by molar-refractivity contribution is 5.33. The quantitative estimate of drug-likeness (QED) is 0.166. The van der Waals surface area contributed by atoms with E-state index in [9.17, 15) is 4.79 Å². The monoisotopic (exact) mass is 294 g/mol. The lowest BCUT2D eigenvalue weighted by Gasteiger charge is -2.03. The molecule has 0 atom stereocenters. The van der Waals surface area contributed by atoms with Crippen LogP contribution in [0.1, 0.15) is 110 Å². The minimum Gasteiger partial charge on any atom is -0.211 e. The minimum atomic E-state index is 0.924. The number of hydrogen-bond donors (Lipinski definition) is 0. The van der Waals surface area contributed by atoms with E-state index in [2.05, 4.69) is 11.9 Å². The molecule has 2 heteroatoms. The second-order valence-electron chi connectivity index (χ2n) is 6.14. The predicted octanol–water partition coefficient (Wildman–Crippen LogP) is 6.75. The molecule has 0 unspecified atom stereocenters. The van der Waals surface area contributed by atoms with Crippen LogP contribution in [0.5, 0.6) is 0 Å². The Bertz CT molecular complexity index is 234. The first-order valence-electron chi connectivity index (χ1n) is 9.30. The first-order valence-corrected chi connectivity index (χ1v) is 9.30. The Labute approximate surface area is 132 Å². The highest BCUT2D eigenvalue weighted by Crippen LogP contribution is 2.13. The van der Waals surface area contributed by atoms with Gasteiger partial charge in [-0.3, -0.25) is 0 Å². The third-order valence-corrected chi connectivity index (χ3v) is 4.08. The lowest BCUT2D eigenvalue weighted by molar-refractivity contribution is 0.531. The van der Waals surface area contributed by atoms with E-state index in [1.54, 1.807) is 6.54 Å². The van der Waals surface area contributed by atoms with E-state index >= 15 is 0 Å². The topological polar surface area (TPSA) is 29.4 Å². The van der Waals surface area contributed by atoms with Crippen LogP contribution < -0.4 is 0 Å². The van der Waals surface area contributed by atoms with E-state index in [0.717, 1.165) is 12.8 Å². The lowest BCUT2D eigenvalue weighted by atomic mass is 10.0. The lowest BCUT2D eigenvalue weighted by Crippen LogP contribution is -1.83. The van der Waals surface area contributed by atoms with Gasteiger partial charge in [0.1, 0.15) is 0 Å². The summed E-state index contributed by atoms with van der Waals surface area (Å²) >= 11 is 0. The molecule has 0 N–H and O–H groups in total. The van der Waals surface area contributed by atoms with Crippen molar-refractivity contribution in [3.63, 3.8) is 0 Å². The maximum absolute atomic E-state index is 9.84. The van der Waals surface area contributed by atoms with E-state index in [0.29, 0.717) is 0 Å². The van der Waals surface area contributed by atoms with Crippen molar-refractivity contribution in [3.8, 4) is 0 Å². The van der Waals surface area contributed by atoms with Crippen LogP contribution in [0.3, 0.4) is 0 Å². The van der Waals surface area contributed by atoms with E-state index in [4.69, 9.17) is 0 Å². The highest BCUT2D eigenvalue weighted by Gasteiger charge is 1.94. The first-order chi connectivity index (χ1) is 10.4. The summed E-state index contributed by atoms with van der Waals surface area (Å²) in [6, 6.07) is 0. The summed E-state index contributed by atoms with van der Waals surface area (Å²) in [7, 11) is 0. The molecule has 1 radical (unpaired) electrons. The molecule has 0 aromatic rings. The summed E-state index contributed by atoms with van der Waals surface area (Å²) in [6.07, 6.45) is 23.3. The molecule has 0 amide bonds. The number of nitrogens with zero attached hydrogens (tertiary/aromatic N) is 1. The zero-order valence-corrected chi connectivity index (χ0v) is 14.2. The summed E-state index contributed by atoms with van der Waals surface area (Å²) in [5.41, 5.74) is 0. The largest absolute Gasteiger partial charge is 0.235 e. The molecule has 0 saturated heterocycles. The third-order valence-electron chi connectivity index (χ3n) is 4.08. The van der Waals surface area contributed by atoms with Gasteiger partial charge in [-0.25, -0.2) is 9.79 Å². The highest BCUT2D eigenvalue weighted by atomic mass is 16.1. The van der Waals surface area contributed by atoms with Crippen molar-refractivity contribution in [1.82, 2.24) is 0 Å². The van der Waals surface area contributed by atoms with Crippen LogP contribution in [0.2, 0.25) is 0 Å². The van der Waals surface area contributed by atoms with Gasteiger partial charge >= 0.3 is 0 Å². The Hall–Kier alpha value is -0.620. The molecule has 0 fully saturated rings. The number of hydrogen-bond acceptors (Lipinski definition) is 2. The van der Waals surface area contributed by atoms with E-state index < -0.39 is 0 Å². The third kappa shape index (κ3) is 19.4. The molecular weight excluding hydrogens is 258 g/mol. The van der Waals surface area contributed by atoms with Crippen molar-refractivity contribution in [2.45, 2.75) is 110 Å². The Balaban J connectivity index is 2.94. The molecule has 0 aromatic carbocycles. The zero-order chi connectivity index (χ0) is 15.4. The first kappa shape index (κ1) is 20.4. The second-order valence-corrected chi connectivity index (χ2v) is 6.14. The van der Waals surface area contributed by atoms with Gasteiger partial charge in [0.15, 0.2) is 0 Å². The summed E-state index contributed by atoms with van der Waals surface area (Å²) < 4.78 is 0. The van der Waals surface area contributed by atoms with Crippen LogP contribution >= 0.6 is 0 Å². The molecule has 0 heterocycles. The van der Waals surface area contributed by atoms with Crippen LogP contribution in [0, 0.1) is 6.54 Å². The zero-order valence-electron chi connectivity index (χ0n) is 14.2. The maximum Gasteiger partial charge on any atom is 0.235 e. The summed E-state index contributed by atoms with van der Waals surface area (Å²) in [5, 5.41) is 0. The molecule has 0 spiro atoms. The molecule has 123 valence electrons. The smallest absolute Gasteiger partial charge is 0.211 e. The fourth-order valence-corrected chi connectivity index (χ4v) is 2.71. The van der Waals surface area contributed by atoms with Gasteiger partial charge in [0.05, 0.1) is 6.54 Å². The molecule has 0 aromatic heterocycles. The van der Waals surface area contributed by atoms with E-state index in [1.165, 1.54) is 96.0 Å². The SMILES string of the molecule is CCCCCCCCCCCCCCCCC[CH]N=C=O. The number of rotatable bonds is 17. The minimum absolute atomic E-state index is 0.924. The molecule has 0 rings (SSSR count). The van der Waals surface area contributed by atoms with Crippen molar-refractivity contribution >= 4 is 6.08 Å². The average molecular weight is 295 g/mol. The number of carbonyl (C=O) groups excluding carboxylic acids is 1. The van der Waals surface area contributed by atoms with Crippen molar-refractivity contribution in [2.75, 3.05) is 0 Å². The van der Waals surface area contributed by atoms with Gasteiger partial charge < -0.3 is 0 Å². The van der Waals surface area contributed by atoms with Crippen LogP contribution in [-0.2, 0) is 4.79 Å². The van der Waals surface area contributed by atoms with Gasteiger partial charge in [-0.15, -0.1) is 0 Å². The number of unbranched alkanes of at least 4 members (excludes halogenated alkanes) is 15. The molecule has 0 aliphatic rings. The van der Waals surface area contributed by atoms with Gasteiger partial charge in [-0.05, 0) is 6.42 Å². The normalized spacial score (nSPS) is 10.5.